The second-order valence-electron chi connectivity index (χ2n) is 8.91. The van der Waals surface area contributed by atoms with Gasteiger partial charge in [-0.1, -0.05) is 62.4 Å². The zero-order valence-corrected chi connectivity index (χ0v) is 20.4. The lowest BCUT2D eigenvalue weighted by molar-refractivity contribution is -0.121. The Labute approximate surface area is 201 Å². The van der Waals surface area contributed by atoms with Crippen LogP contribution in [-0.4, -0.2) is 22.6 Å². The van der Waals surface area contributed by atoms with E-state index in [1.165, 1.54) is 11.1 Å². The van der Waals surface area contributed by atoms with E-state index in [4.69, 9.17) is 9.72 Å². The summed E-state index contributed by atoms with van der Waals surface area (Å²) in [4.78, 5) is 17.7. The van der Waals surface area contributed by atoms with E-state index in [0.717, 1.165) is 34.6 Å². The minimum Gasteiger partial charge on any atom is -0.497 e. The molecule has 0 radical (unpaired) electrons. The molecule has 0 spiro atoms. The van der Waals surface area contributed by atoms with Crippen LogP contribution in [0, 0.1) is 0 Å². The third-order valence-electron chi connectivity index (χ3n) is 6.47. The fourth-order valence-corrected chi connectivity index (χ4v) is 4.25. The van der Waals surface area contributed by atoms with Crippen LogP contribution < -0.4 is 10.1 Å². The van der Waals surface area contributed by atoms with E-state index in [9.17, 15) is 4.79 Å². The third kappa shape index (κ3) is 5.30. The second kappa shape index (κ2) is 10.6. The van der Waals surface area contributed by atoms with Gasteiger partial charge in [0.15, 0.2) is 0 Å². The largest absolute Gasteiger partial charge is 0.497 e. The summed E-state index contributed by atoms with van der Waals surface area (Å²) in [5, 5.41) is 3.14. The summed E-state index contributed by atoms with van der Waals surface area (Å²) < 4.78 is 7.41. The predicted molar refractivity (Wildman–Crippen MR) is 137 cm³/mol. The summed E-state index contributed by atoms with van der Waals surface area (Å²) in [5.41, 5.74) is 5.53. The van der Waals surface area contributed by atoms with Crippen molar-refractivity contribution in [3.05, 3.63) is 95.3 Å². The molecule has 0 bridgehead atoms. The van der Waals surface area contributed by atoms with Gasteiger partial charge in [0.25, 0.3) is 0 Å². The van der Waals surface area contributed by atoms with E-state index < -0.39 is 0 Å². The Morgan fingerprint density at radius 1 is 0.971 bits per heavy atom. The van der Waals surface area contributed by atoms with E-state index in [2.05, 4.69) is 54.1 Å². The van der Waals surface area contributed by atoms with Crippen LogP contribution in [0.5, 0.6) is 5.75 Å². The quantitative estimate of drug-likeness (QED) is 0.335. The highest BCUT2D eigenvalue weighted by Gasteiger charge is 2.19. The van der Waals surface area contributed by atoms with Gasteiger partial charge in [0.05, 0.1) is 30.6 Å². The van der Waals surface area contributed by atoms with Gasteiger partial charge in [-0.25, -0.2) is 4.98 Å². The molecule has 0 aliphatic carbocycles. The van der Waals surface area contributed by atoms with Crippen molar-refractivity contribution >= 4 is 16.9 Å². The zero-order valence-electron chi connectivity index (χ0n) is 20.4. The summed E-state index contributed by atoms with van der Waals surface area (Å²) >= 11 is 0. The van der Waals surface area contributed by atoms with E-state index in [-0.39, 0.29) is 11.9 Å². The number of aromatic nitrogens is 2. The number of fused-ring (bicyclic) bond motifs is 1. The van der Waals surface area contributed by atoms with Crippen molar-refractivity contribution in [2.24, 2.45) is 0 Å². The van der Waals surface area contributed by atoms with Gasteiger partial charge in [-0.2, -0.15) is 0 Å². The smallest absolute Gasteiger partial charge is 0.224 e. The molecule has 3 aromatic carbocycles. The SMILES string of the molecule is CCC(C)c1ccc(Cn2c(C(C)NC(=O)Cc3ccc(OC)cc3)nc3ccccc32)cc1. The fourth-order valence-electron chi connectivity index (χ4n) is 4.25. The van der Waals surface area contributed by atoms with E-state index in [1.807, 2.05) is 49.4 Å². The molecule has 176 valence electrons. The van der Waals surface area contributed by atoms with E-state index in [0.29, 0.717) is 18.9 Å². The maximum Gasteiger partial charge on any atom is 0.224 e. The molecule has 1 aromatic heterocycles. The molecule has 5 nitrogen and oxygen atoms in total. The maximum absolute atomic E-state index is 12.8. The maximum atomic E-state index is 12.8. The molecule has 0 saturated heterocycles. The van der Waals surface area contributed by atoms with Crippen LogP contribution in [0.25, 0.3) is 11.0 Å². The Morgan fingerprint density at radius 3 is 2.32 bits per heavy atom. The number of para-hydroxylation sites is 2. The molecule has 0 fully saturated rings. The average Bonchev–Trinajstić information content (AvgIpc) is 3.23. The van der Waals surface area contributed by atoms with Crippen LogP contribution in [0.2, 0.25) is 0 Å². The lowest BCUT2D eigenvalue weighted by Crippen LogP contribution is -2.30. The first-order valence-corrected chi connectivity index (χ1v) is 11.9. The normalized spacial score (nSPS) is 12.9. The van der Waals surface area contributed by atoms with Crippen LogP contribution in [0.15, 0.2) is 72.8 Å². The molecule has 0 aliphatic rings. The van der Waals surface area contributed by atoms with Gasteiger partial charge < -0.3 is 14.6 Å². The lowest BCUT2D eigenvalue weighted by atomic mass is 9.97. The number of benzene rings is 3. The first-order chi connectivity index (χ1) is 16.5. The molecule has 0 saturated carbocycles. The summed E-state index contributed by atoms with van der Waals surface area (Å²) in [6, 6.07) is 24.3. The summed E-state index contributed by atoms with van der Waals surface area (Å²) in [5.74, 6) is 2.16. The number of nitrogens with one attached hydrogen (secondary N) is 1. The number of hydrogen-bond acceptors (Lipinski definition) is 3. The number of carbonyl (C=O) groups excluding carboxylic acids is 1. The average molecular weight is 456 g/mol. The van der Waals surface area contributed by atoms with Gasteiger partial charge in [-0.15, -0.1) is 0 Å². The summed E-state index contributed by atoms with van der Waals surface area (Å²) in [7, 11) is 1.63. The Kier molecular flexibility index (Phi) is 7.31. The Hall–Kier alpha value is -3.60. The Bertz CT molecular complexity index is 1240. The predicted octanol–water partition coefficient (Wildman–Crippen LogP) is 6.03. The van der Waals surface area contributed by atoms with Gasteiger partial charge in [0, 0.05) is 6.54 Å². The number of ether oxygens (including phenoxy) is 1. The minimum absolute atomic E-state index is 0.0332. The molecular weight excluding hydrogens is 422 g/mol. The van der Waals surface area contributed by atoms with Crippen LogP contribution in [0.4, 0.5) is 0 Å². The van der Waals surface area contributed by atoms with Gasteiger partial charge >= 0.3 is 0 Å². The Balaban J connectivity index is 1.54. The van der Waals surface area contributed by atoms with E-state index >= 15 is 0 Å². The number of nitrogens with zero attached hydrogens (tertiary/aromatic N) is 2. The van der Waals surface area contributed by atoms with Crippen molar-refractivity contribution in [1.82, 2.24) is 14.9 Å². The number of methoxy groups -OCH3 is 1. The molecule has 4 rings (SSSR count). The molecule has 2 atom stereocenters. The van der Waals surface area contributed by atoms with Gasteiger partial charge in [0.1, 0.15) is 11.6 Å². The van der Waals surface area contributed by atoms with Crippen molar-refractivity contribution in [1.29, 1.82) is 0 Å². The van der Waals surface area contributed by atoms with Crippen LogP contribution in [0.1, 0.15) is 61.7 Å². The minimum atomic E-state index is -0.225. The summed E-state index contributed by atoms with van der Waals surface area (Å²) in [6.45, 7) is 7.17. The van der Waals surface area contributed by atoms with Crippen LogP contribution in [0.3, 0.4) is 0 Å². The molecule has 5 heteroatoms. The van der Waals surface area contributed by atoms with Gasteiger partial charge in [0.2, 0.25) is 5.91 Å². The second-order valence-corrected chi connectivity index (χ2v) is 8.91. The molecule has 0 aliphatic heterocycles. The number of rotatable bonds is 9. The number of hydrogen-bond donors (Lipinski definition) is 1. The van der Waals surface area contributed by atoms with Crippen molar-refractivity contribution < 1.29 is 9.53 Å². The lowest BCUT2D eigenvalue weighted by Gasteiger charge is -2.17. The molecule has 1 heterocycles. The molecule has 34 heavy (non-hydrogen) atoms. The highest BCUT2D eigenvalue weighted by Crippen LogP contribution is 2.24. The molecule has 1 amide bonds. The van der Waals surface area contributed by atoms with Crippen LogP contribution >= 0.6 is 0 Å². The molecular formula is C29H33N3O2. The fraction of sp³-hybridized carbons (Fsp3) is 0.310. The monoisotopic (exact) mass is 455 g/mol. The molecule has 4 aromatic rings. The summed E-state index contributed by atoms with van der Waals surface area (Å²) in [6.07, 6.45) is 1.44. The Morgan fingerprint density at radius 2 is 1.65 bits per heavy atom. The van der Waals surface area contributed by atoms with Crippen molar-refractivity contribution in [3.8, 4) is 5.75 Å². The third-order valence-corrected chi connectivity index (χ3v) is 6.47. The van der Waals surface area contributed by atoms with Crippen molar-refractivity contribution in [3.63, 3.8) is 0 Å². The number of amides is 1. The van der Waals surface area contributed by atoms with Gasteiger partial charge in [-0.3, -0.25) is 4.79 Å². The van der Waals surface area contributed by atoms with E-state index in [1.54, 1.807) is 7.11 Å². The zero-order chi connectivity index (χ0) is 24.1. The van der Waals surface area contributed by atoms with Crippen molar-refractivity contribution in [2.75, 3.05) is 7.11 Å². The van der Waals surface area contributed by atoms with Crippen molar-refractivity contribution in [2.45, 2.75) is 52.1 Å². The first kappa shape index (κ1) is 23.6. The number of carbonyl (C=O) groups is 1. The number of imidazole rings is 1. The highest BCUT2D eigenvalue weighted by atomic mass is 16.5. The molecule has 2 unspecified atom stereocenters. The first-order valence-electron chi connectivity index (χ1n) is 11.9. The highest BCUT2D eigenvalue weighted by molar-refractivity contribution is 5.80. The topological polar surface area (TPSA) is 56.2 Å². The van der Waals surface area contributed by atoms with Crippen LogP contribution in [-0.2, 0) is 17.8 Å². The standard InChI is InChI=1S/C29H33N3O2/c1-5-20(2)24-14-10-23(11-15-24)19-32-27-9-7-6-8-26(27)31-29(32)21(3)30-28(33)18-22-12-16-25(34-4)17-13-22/h6-17,20-21H,5,18-19H2,1-4H3,(H,30,33). The van der Waals surface area contributed by atoms with Gasteiger partial charge in [-0.05, 0) is 60.2 Å². The molecule has 1 N–H and O–H groups in total.